The SMILES string of the molecule is C=CCOC(=O)C1(NC(=O)c2cnc3n2[C@]2(Cc4ccc(I)cc42)C(=O)N3c2cc(Cl)cc(Cl)c2)CC1. The van der Waals surface area contributed by atoms with Crippen LogP contribution in [0.3, 0.4) is 0 Å². The minimum absolute atomic E-state index is 0.0583. The number of carbonyl (C=O) groups is 3. The maximum absolute atomic E-state index is 14.2. The van der Waals surface area contributed by atoms with Gasteiger partial charge in [-0.2, -0.15) is 0 Å². The van der Waals surface area contributed by atoms with Crippen LogP contribution in [0.4, 0.5) is 11.6 Å². The fourth-order valence-electron chi connectivity index (χ4n) is 5.11. The molecule has 37 heavy (non-hydrogen) atoms. The number of nitrogens with zero attached hydrogens (tertiary/aromatic N) is 3. The highest BCUT2D eigenvalue weighted by molar-refractivity contribution is 14.1. The molecule has 0 radical (unpaired) electrons. The van der Waals surface area contributed by atoms with Gasteiger partial charge in [0.15, 0.2) is 5.54 Å². The van der Waals surface area contributed by atoms with Crippen molar-refractivity contribution in [1.29, 1.82) is 0 Å². The molecule has 2 aromatic carbocycles. The molecule has 3 aliphatic rings. The zero-order valence-electron chi connectivity index (χ0n) is 19.3. The van der Waals surface area contributed by atoms with E-state index in [2.05, 4.69) is 39.5 Å². The molecule has 1 fully saturated rings. The maximum atomic E-state index is 14.2. The van der Waals surface area contributed by atoms with Crippen LogP contribution in [0.25, 0.3) is 0 Å². The lowest BCUT2D eigenvalue weighted by Crippen LogP contribution is -2.53. The summed E-state index contributed by atoms with van der Waals surface area (Å²) in [5.41, 5.74) is 0.185. The van der Waals surface area contributed by atoms with E-state index in [0.29, 0.717) is 35.0 Å². The number of anilines is 2. The van der Waals surface area contributed by atoms with Gasteiger partial charge in [0.1, 0.15) is 17.8 Å². The summed E-state index contributed by atoms with van der Waals surface area (Å²) in [6.07, 6.45) is 4.22. The number of hydrogen-bond acceptors (Lipinski definition) is 5. The second kappa shape index (κ2) is 8.57. The summed E-state index contributed by atoms with van der Waals surface area (Å²) in [6, 6.07) is 10.8. The summed E-state index contributed by atoms with van der Waals surface area (Å²) >= 11 is 14.7. The first-order chi connectivity index (χ1) is 17.7. The van der Waals surface area contributed by atoms with Gasteiger partial charge in [-0.05, 0) is 76.9 Å². The molecule has 0 saturated heterocycles. The fourth-order valence-corrected chi connectivity index (χ4v) is 6.12. The molecule has 2 amide bonds. The predicted molar refractivity (Wildman–Crippen MR) is 146 cm³/mol. The van der Waals surface area contributed by atoms with Crippen molar-refractivity contribution in [3.63, 3.8) is 0 Å². The predicted octanol–water partition coefficient (Wildman–Crippen LogP) is 4.76. The van der Waals surface area contributed by atoms with Gasteiger partial charge in [-0.1, -0.05) is 41.9 Å². The van der Waals surface area contributed by atoms with Crippen LogP contribution in [-0.4, -0.2) is 39.5 Å². The van der Waals surface area contributed by atoms with E-state index in [0.717, 1.165) is 14.7 Å². The summed E-state index contributed by atoms with van der Waals surface area (Å²) < 4.78 is 7.82. The highest BCUT2D eigenvalue weighted by Crippen LogP contribution is 2.53. The molecule has 11 heteroatoms. The number of hydrogen-bond donors (Lipinski definition) is 1. The quantitative estimate of drug-likeness (QED) is 0.236. The van der Waals surface area contributed by atoms with Crippen LogP contribution in [-0.2, 0) is 26.3 Å². The molecule has 1 atom stereocenters. The van der Waals surface area contributed by atoms with Crippen molar-refractivity contribution in [2.75, 3.05) is 11.5 Å². The van der Waals surface area contributed by atoms with Gasteiger partial charge in [-0.3, -0.25) is 14.2 Å². The van der Waals surface area contributed by atoms with Crippen LogP contribution < -0.4 is 10.2 Å². The van der Waals surface area contributed by atoms with Crippen molar-refractivity contribution < 1.29 is 19.1 Å². The Morgan fingerprint density at radius 3 is 2.59 bits per heavy atom. The molecule has 2 aliphatic carbocycles. The molecule has 6 rings (SSSR count). The van der Waals surface area contributed by atoms with Crippen molar-refractivity contribution in [3.8, 4) is 0 Å². The topological polar surface area (TPSA) is 93.5 Å². The molecule has 3 aromatic rings. The Balaban J connectivity index is 1.46. The molecular formula is C26H19Cl2IN4O4. The molecule has 0 unspecified atom stereocenters. The summed E-state index contributed by atoms with van der Waals surface area (Å²) in [5, 5.41) is 3.57. The minimum Gasteiger partial charge on any atom is -0.460 e. The summed E-state index contributed by atoms with van der Waals surface area (Å²) in [4.78, 5) is 46.3. The Labute approximate surface area is 235 Å². The van der Waals surface area contributed by atoms with Gasteiger partial charge in [0.25, 0.3) is 11.8 Å². The van der Waals surface area contributed by atoms with E-state index in [-0.39, 0.29) is 24.2 Å². The van der Waals surface area contributed by atoms with Gasteiger partial charge in [0.05, 0.1) is 11.9 Å². The van der Waals surface area contributed by atoms with E-state index >= 15 is 0 Å². The molecule has 1 saturated carbocycles. The Kier molecular flexibility index (Phi) is 5.66. The van der Waals surface area contributed by atoms with Gasteiger partial charge in [0.2, 0.25) is 5.95 Å². The Morgan fingerprint density at radius 1 is 1.19 bits per heavy atom. The fraction of sp³-hybridized carbons (Fsp3) is 0.231. The zero-order chi connectivity index (χ0) is 26.1. The number of fused-ring (bicyclic) bond motifs is 4. The van der Waals surface area contributed by atoms with Gasteiger partial charge < -0.3 is 10.1 Å². The number of esters is 1. The standard InChI is InChI=1S/C26H19Cl2IN4O4/c1-2-7-37-23(36)25(5-6-25)31-21(34)20-13-30-24-32(18-9-15(27)8-16(28)10-18)22(35)26(33(20)24)12-14-3-4-17(29)11-19(14)26/h2-4,8-11,13H,1,5-7,12H2,(H,31,34)/t26-/m0/s1. The van der Waals surface area contributed by atoms with Gasteiger partial charge >= 0.3 is 5.97 Å². The smallest absolute Gasteiger partial charge is 0.332 e. The van der Waals surface area contributed by atoms with Gasteiger partial charge in [-0.25, -0.2) is 14.7 Å². The Bertz CT molecular complexity index is 1510. The lowest BCUT2D eigenvalue weighted by molar-refractivity contribution is -0.145. The maximum Gasteiger partial charge on any atom is 0.332 e. The number of benzene rings is 2. The number of aromatic nitrogens is 2. The highest BCUT2D eigenvalue weighted by Gasteiger charge is 2.61. The second-order valence-corrected chi connectivity index (χ2v) is 11.4. The number of rotatable bonds is 6. The van der Waals surface area contributed by atoms with E-state index in [1.807, 2.05) is 18.2 Å². The first-order valence-corrected chi connectivity index (χ1v) is 13.3. The second-order valence-electron chi connectivity index (χ2n) is 9.31. The molecular weight excluding hydrogens is 630 g/mol. The summed E-state index contributed by atoms with van der Waals surface area (Å²) in [7, 11) is 0. The third-order valence-electron chi connectivity index (χ3n) is 7.01. The number of nitrogens with one attached hydrogen (secondary N) is 1. The molecule has 188 valence electrons. The average molecular weight is 649 g/mol. The van der Waals surface area contributed by atoms with E-state index < -0.39 is 23.0 Å². The third kappa shape index (κ3) is 3.62. The van der Waals surface area contributed by atoms with Crippen LogP contribution >= 0.6 is 45.8 Å². The Morgan fingerprint density at radius 2 is 1.92 bits per heavy atom. The van der Waals surface area contributed by atoms with Crippen LogP contribution in [0.5, 0.6) is 0 Å². The molecule has 1 aromatic heterocycles. The highest BCUT2D eigenvalue weighted by atomic mass is 127. The van der Waals surface area contributed by atoms with Crippen LogP contribution in [0.15, 0.2) is 55.3 Å². The number of halogens is 3. The molecule has 0 bridgehead atoms. The number of imidazole rings is 1. The van der Waals surface area contributed by atoms with E-state index in [1.54, 1.807) is 22.8 Å². The van der Waals surface area contributed by atoms with Crippen LogP contribution in [0.2, 0.25) is 10.0 Å². The van der Waals surface area contributed by atoms with Crippen molar-refractivity contribution in [2.45, 2.75) is 30.3 Å². The summed E-state index contributed by atoms with van der Waals surface area (Å²) in [5.74, 6) is -1.00. The third-order valence-corrected chi connectivity index (χ3v) is 8.12. The zero-order valence-corrected chi connectivity index (χ0v) is 22.9. The summed E-state index contributed by atoms with van der Waals surface area (Å²) in [6.45, 7) is 3.61. The van der Waals surface area contributed by atoms with Crippen molar-refractivity contribution in [2.24, 2.45) is 0 Å². The molecule has 1 spiro atoms. The van der Waals surface area contributed by atoms with E-state index in [4.69, 9.17) is 27.9 Å². The number of carbonyl (C=O) groups excluding carboxylic acids is 3. The Hall–Kier alpha value is -2.89. The van der Waals surface area contributed by atoms with Crippen molar-refractivity contribution in [3.05, 3.63) is 85.7 Å². The van der Waals surface area contributed by atoms with Crippen molar-refractivity contribution >= 4 is 75.2 Å². The number of amides is 2. The van der Waals surface area contributed by atoms with Crippen LogP contribution in [0, 0.1) is 3.57 Å². The minimum atomic E-state index is -1.16. The molecule has 1 aliphatic heterocycles. The van der Waals surface area contributed by atoms with Crippen LogP contribution in [0.1, 0.15) is 34.5 Å². The van der Waals surface area contributed by atoms with Gasteiger partial charge in [0, 0.05) is 20.0 Å². The average Bonchev–Trinajstić information content (AvgIpc) is 3.41. The molecule has 1 N–H and O–H groups in total. The first-order valence-electron chi connectivity index (χ1n) is 11.5. The van der Waals surface area contributed by atoms with E-state index in [9.17, 15) is 14.4 Å². The normalized spacial score (nSPS) is 20.2. The largest absolute Gasteiger partial charge is 0.460 e. The lowest BCUT2D eigenvalue weighted by atomic mass is 9.70. The molecule has 2 heterocycles. The van der Waals surface area contributed by atoms with E-state index in [1.165, 1.54) is 17.2 Å². The monoisotopic (exact) mass is 648 g/mol. The van der Waals surface area contributed by atoms with Crippen molar-refractivity contribution in [1.82, 2.24) is 14.9 Å². The van der Waals surface area contributed by atoms with Gasteiger partial charge in [-0.15, -0.1) is 0 Å². The lowest BCUT2D eigenvalue weighted by Gasteiger charge is -2.41. The first kappa shape index (κ1) is 24.4. The molecule has 8 nitrogen and oxygen atoms in total. The number of ether oxygens (including phenoxy) is 1.